The van der Waals surface area contributed by atoms with E-state index in [1.54, 1.807) is 27.7 Å². The van der Waals surface area contributed by atoms with Gasteiger partial charge in [0.05, 0.1) is 17.7 Å². The van der Waals surface area contributed by atoms with Crippen molar-refractivity contribution in [3.8, 4) is 0 Å². The van der Waals surface area contributed by atoms with Gasteiger partial charge in [0.1, 0.15) is 0 Å². The molecule has 1 heterocycles. The summed E-state index contributed by atoms with van der Waals surface area (Å²) < 4.78 is 0. The molecule has 0 aromatic carbocycles. The van der Waals surface area contributed by atoms with Crippen LogP contribution < -0.4 is 5.32 Å². The zero-order valence-electron chi connectivity index (χ0n) is 10.3. The molecular weight excluding hydrogens is 208 g/mol. The lowest BCUT2D eigenvalue weighted by molar-refractivity contribution is -0.153. The maximum atomic E-state index is 11.9. The van der Waals surface area contributed by atoms with Gasteiger partial charge in [-0.05, 0) is 34.1 Å². The molecule has 0 aromatic rings. The molecule has 5 heteroatoms. The third-order valence-corrected chi connectivity index (χ3v) is 2.71. The fraction of sp³-hybridized carbons (Fsp3) is 0.818. The van der Waals surface area contributed by atoms with Gasteiger partial charge in [0, 0.05) is 6.54 Å². The normalized spacial score (nSPS) is 21.4. The summed E-state index contributed by atoms with van der Waals surface area (Å²) in [5, 5.41) is 12.5. The molecule has 0 atom stereocenters. The van der Waals surface area contributed by atoms with E-state index in [-0.39, 0.29) is 24.9 Å². The molecule has 92 valence electrons. The smallest absolute Gasteiger partial charge is 0.248 e. The first-order valence-corrected chi connectivity index (χ1v) is 5.46. The number of rotatable bonds is 3. The van der Waals surface area contributed by atoms with Crippen LogP contribution in [0.15, 0.2) is 0 Å². The molecular formula is C11H20N2O3. The van der Waals surface area contributed by atoms with E-state index in [4.69, 9.17) is 0 Å². The maximum absolute atomic E-state index is 11.9. The lowest BCUT2D eigenvalue weighted by atomic mass is 9.99. The lowest BCUT2D eigenvalue weighted by Crippen LogP contribution is -2.64. The van der Waals surface area contributed by atoms with Crippen molar-refractivity contribution in [2.45, 2.75) is 45.3 Å². The third-order valence-electron chi connectivity index (χ3n) is 2.71. The van der Waals surface area contributed by atoms with Gasteiger partial charge in [-0.25, -0.2) is 0 Å². The highest BCUT2D eigenvalue weighted by atomic mass is 16.3. The summed E-state index contributed by atoms with van der Waals surface area (Å²) in [6.07, 6.45) is 0.389. The molecule has 0 saturated carbocycles. The number of imide groups is 1. The number of nitrogens with one attached hydrogen (secondary N) is 1. The highest BCUT2D eigenvalue weighted by Crippen LogP contribution is 2.16. The monoisotopic (exact) mass is 228 g/mol. The standard InChI is InChI=1S/C11H20N2O3/c1-10(2,16)5-6-13-8(14)7-12-11(3,4)9(13)15/h12,16H,5-7H2,1-4H3. The molecule has 1 aliphatic heterocycles. The first kappa shape index (κ1) is 13.1. The van der Waals surface area contributed by atoms with Crippen LogP contribution in [0.1, 0.15) is 34.1 Å². The van der Waals surface area contributed by atoms with E-state index in [0.717, 1.165) is 0 Å². The average molecular weight is 228 g/mol. The van der Waals surface area contributed by atoms with E-state index in [2.05, 4.69) is 5.32 Å². The lowest BCUT2D eigenvalue weighted by Gasteiger charge is -2.37. The minimum Gasteiger partial charge on any atom is -0.390 e. The summed E-state index contributed by atoms with van der Waals surface area (Å²) >= 11 is 0. The van der Waals surface area contributed by atoms with Crippen LogP contribution in [0.3, 0.4) is 0 Å². The van der Waals surface area contributed by atoms with Gasteiger partial charge in [0.15, 0.2) is 0 Å². The maximum Gasteiger partial charge on any atom is 0.248 e. The second kappa shape index (κ2) is 4.14. The summed E-state index contributed by atoms with van der Waals surface area (Å²) in [6.45, 7) is 7.26. The number of carbonyl (C=O) groups excluding carboxylic acids is 2. The van der Waals surface area contributed by atoms with Crippen molar-refractivity contribution in [3.63, 3.8) is 0 Å². The Balaban J connectivity index is 2.70. The van der Waals surface area contributed by atoms with E-state index < -0.39 is 11.1 Å². The van der Waals surface area contributed by atoms with Crippen LogP contribution >= 0.6 is 0 Å². The van der Waals surface area contributed by atoms with Crippen molar-refractivity contribution in [2.24, 2.45) is 0 Å². The summed E-state index contributed by atoms with van der Waals surface area (Å²) in [6, 6.07) is 0. The minimum absolute atomic E-state index is 0.171. The fourth-order valence-electron chi connectivity index (χ4n) is 1.53. The Morgan fingerprint density at radius 1 is 1.44 bits per heavy atom. The Morgan fingerprint density at radius 3 is 2.50 bits per heavy atom. The number of hydrogen-bond donors (Lipinski definition) is 2. The predicted octanol–water partition coefficient (Wildman–Crippen LogP) is -0.116. The van der Waals surface area contributed by atoms with E-state index >= 15 is 0 Å². The third kappa shape index (κ3) is 3.02. The van der Waals surface area contributed by atoms with Gasteiger partial charge in [0.25, 0.3) is 0 Å². The Morgan fingerprint density at radius 2 is 2.00 bits per heavy atom. The minimum atomic E-state index is -0.865. The summed E-state index contributed by atoms with van der Waals surface area (Å²) in [4.78, 5) is 24.7. The van der Waals surface area contributed by atoms with Crippen molar-refractivity contribution in [3.05, 3.63) is 0 Å². The van der Waals surface area contributed by atoms with Gasteiger partial charge >= 0.3 is 0 Å². The van der Waals surface area contributed by atoms with E-state index in [0.29, 0.717) is 6.42 Å². The number of hydrogen-bond acceptors (Lipinski definition) is 4. The molecule has 0 bridgehead atoms. The van der Waals surface area contributed by atoms with Crippen LogP contribution in [0, 0.1) is 0 Å². The quantitative estimate of drug-likeness (QED) is 0.661. The predicted molar refractivity (Wildman–Crippen MR) is 59.7 cm³/mol. The molecule has 0 unspecified atom stereocenters. The molecule has 1 fully saturated rings. The SMILES string of the molecule is CC(C)(O)CCN1C(=O)CNC(C)(C)C1=O. The van der Waals surface area contributed by atoms with Crippen molar-refractivity contribution in [1.29, 1.82) is 0 Å². The Kier molecular flexibility index (Phi) is 3.40. The number of piperazine rings is 1. The topological polar surface area (TPSA) is 69.6 Å². The molecule has 5 nitrogen and oxygen atoms in total. The summed E-state index contributed by atoms with van der Waals surface area (Å²) in [5.41, 5.74) is -1.57. The van der Waals surface area contributed by atoms with Gasteiger partial charge in [-0.1, -0.05) is 0 Å². The van der Waals surface area contributed by atoms with Gasteiger partial charge < -0.3 is 5.11 Å². The van der Waals surface area contributed by atoms with Crippen LogP contribution in [0.4, 0.5) is 0 Å². The molecule has 2 N–H and O–H groups in total. The highest BCUT2D eigenvalue weighted by Gasteiger charge is 2.39. The van der Waals surface area contributed by atoms with Gasteiger partial charge in [0.2, 0.25) is 11.8 Å². The second-order valence-corrected chi connectivity index (χ2v) is 5.39. The molecule has 0 aromatic heterocycles. The number of nitrogens with zero attached hydrogens (tertiary/aromatic N) is 1. The molecule has 0 aliphatic carbocycles. The Bertz CT molecular complexity index is 305. The Labute approximate surface area is 95.8 Å². The molecule has 1 rings (SSSR count). The first-order valence-electron chi connectivity index (χ1n) is 5.46. The van der Waals surface area contributed by atoms with Crippen LogP contribution in [-0.4, -0.2) is 46.1 Å². The summed E-state index contributed by atoms with van der Waals surface area (Å²) in [5.74, 6) is -0.457. The van der Waals surface area contributed by atoms with Crippen molar-refractivity contribution in [2.75, 3.05) is 13.1 Å². The molecule has 1 saturated heterocycles. The Hall–Kier alpha value is -0.940. The van der Waals surface area contributed by atoms with Crippen molar-refractivity contribution < 1.29 is 14.7 Å². The molecule has 0 radical (unpaired) electrons. The number of amides is 2. The fourth-order valence-corrected chi connectivity index (χ4v) is 1.53. The van der Waals surface area contributed by atoms with Crippen molar-refractivity contribution in [1.82, 2.24) is 10.2 Å². The van der Waals surface area contributed by atoms with E-state index in [1.165, 1.54) is 4.90 Å². The molecule has 0 spiro atoms. The zero-order chi connectivity index (χ0) is 12.6. The number of aliphatic hydroxyl groups is 1. The molecule has 16 heavy (non-hydrogen) atoms. The van der Waals surface area contributed by atoms with Crippen LogP contribution in [0.5, 0.6) is 0 Å². The van der Waals surface area contributed by atoms with Crippen LogP contribution in [-0.2, 0) is 9.59 Å². The van der Waals surface area contributed by atoms with Crippen LogP contribution in [0.2, 0.25) is 0 Å². The van der Waals surface area contributed by atoms with E-state index in [9.17, 15) is 14.7 Å². The molecule has 1 aliphatic rings. The molecule has 2 amide bonds. The van der Waals surface area contributed by atoms with Gasteiger partial charge in [-0.2, -0.15) is 0 Å². The first-order chi connectivity index (χ1) is 7.13. The summed E-state index contributed by atoms with van der Waals surface area (Å²) in [7, 11) is 0. The van der Waals surface area contributed by atoms with Crippen molar-refractivity contribution >= 4 is 11.8 Å². The van der Waals surface area contributed by atoms with Gasteiger partial charge in [-0.15, -0.1) is 0 Å². The van der Waals surface area contributed by atoms with Crippen LogP contribution in [0.25, 0.3) is 0 Å². The number of carbonyl (C=O) groups is 2. The average Bonchev–Trinajstić information content (AvgIpc) is 2.11. The zero-order valence-corrected chi connectivity index (χ0v) is 10.3. The highest BCUT2D eigenvalue weighted by molar-refractivity contribution is 6.02. The van der Waals surface area contributed by atoms with Gasteiger partial charge in [-0.3, -0.25) is 19.8 Å². The van der Waals surface area contributed by atoms with E-state index in [1.807, 2.05) is 0 Å². The largest absolute Gasteiger partial charge is 0.390 e. The second-order valence-electron chi connectivity index (χ2n) is 5.39.